The number of alkyl halides is 3. The number of hydroxylamine groups is 2. The van der Waals surface area contributed by atoms with Gasteiger partial charge in [-0.2, -0.15) is 13.2 Å². The van der Waals surface area contributed by atoms with Crippen LogP contribution in [0.5, 0.6) is 0 Å². The summed E-state index contributed by atoms with van der Waals surface area (Å²) in [6, 6.07) is 5.29. The summed E-state index contributed by atoms with van der Waals surface area (Å²) in [5, 5.41) is 19.9. The highest BCUT2D eigenvalue weighted by atomic mass is 35.5. The van der Waals surface area contributed by atoms with Crippen LogP contribution in [-0.2, 0) is 6.18 Å². The average molecular weight is 460 g/mol. The molecule has 1 aromatic carbocycles. The zero-order valence-corrected chi connectivity index (χ0v) is 18.6. The van der Waals surface area contributed by atoms with Crippen LogP contribution in [-0.4, -0.2) is 47.9 Å². The predicted molar refractivity (Wildman–Crippen MR) is 115 cm³/mol. The van der Waals surface area contributed by atoms with Crippen LogP contribution in [0.4, 0.5) is 13.2 Å². The second-order valence-corrected chi connectivity index (χ2v) is 9.26. The zero-order valence-electron chi connectivity index (χ0n) is 17.9. The molecule has 0 bridgehead atoms. The van der Waals surface area contributed by atoms with Crippen molar-refractivity contribution >= 4 is 11.6 Å². The Labute approximate surface area is 185 Å². The first-order valence-corrected chi connectivity index (χ1v) is 10.6. The fraction of sp³-hybridized carbons (Fsp3) is 0.524. The number of benzene rings is 1. The molecule has 0 aromatic heterocycles. The van der Waals surface area contributed by atoms with Crippen molar-refractivity contribution in [2.45, 2.75) is 38.5 Å². The van der Waals surface area contributed by atoms with Crippen molar-refractivity contribution in [1.82, 2.24) is 21.0 Å². The van der Waals surface area contributed by atoms with E-state index in [0.717, 1.165) is 12.6 Å². The highest BCUT2D eigenvalue weighted by Crippen LogP contribution is 2.31. The summed E-state index contributed by atoms with van der Waals surface area (Å²) in [5.41, 5.74) is 2.71. The Hall–Kier alpha value is -1.78. The zero-order chi connectivity index (χ0) is 22.9. The molecular weight excluding hydrogens is 431 g/mol. The molecule has 1 saturated heterocycles. The third kappa shape index (κ3) is 5.72. The average Bonchev–Trinajstić information content (AvgIpc) is 2.69. The molecule has 10 heteroatoms. The molecule has 2 heterocycles. The molecule has 0 amide bonds. The summed E-state index contributed by atoms with van der Waals surface area (Å²) in [7, 11) is 0. The van der Waals surface area contributed by atoms with Crippen molar-refractivity contribution in [1.29, 1.82) is 0 Å². The molecule has 2 aliphatic heterocycles. The molecule has 1 aromatic rings. The molecule has 3 N–H and O–H groups in total. The Bertz CT molecular complexity index is 852. The minimum Gasteiger partial charge on any atom is -0.601 e. The van der Waals surface area contributed by atoms with Gasteiger partial charge < -0.3 is 15.8 Å². The lowest BCUT2D eigenvalue weighted by molar-refractivity contribution is -0.916. The summed E-state index contributed by atoms with van der Waals surface area (Å²) >= 11 is 6.24. The summed E-state index contributed by atoms with van der Waals surface area (Å²) < 4.78 is 38.3. The van der Waals surface area contributed by atoms with E-state index in [4.69, 9.17) is 11.6 Å². The van der Waals surface area contributed by atoms with Gasteiger partial charge in [-0.3, -0.25) is 4.90 Å². The SMILES string of the molecule is CC(C)(C)[N+]1([O-])C=C(NCCN2CCNC(c3cccc(C(F)(F)F)c3)C2)C(Cl)=CN1. The predicted octanol–water partition coefficient (Wildman–Crippen LogP) is 3.79. The maximum absolute atomic E-state index is 13.0. The van der Waals surface area contributed by atoms with Crippen molar-refractivity contribution < 1.29 is 17.9 Å². The minimum absolute atomic E-state index is 0.176. The second kappa shape index (κ2) is 8.99. The second-order valence-electron chi connectivity index (χ2n) is 8.85. The topological polar surface area (TPSA) is 62.4 Å². The summed E-state index contributed by atoms with van der Waals surface area (Å²) in [6.07, 6.45) is -1.34. The lowest BCUT2D eigenvalue weighted by atomic mass is 10.0. The number of hydrogen-bond acceptors (Lipinski definition) is 5. The highest BCUT2D eigenvalue weighted by Gasteiger charge is 2.34. The standard InChI is InChI=1S/C21H29ClF3N5O/c1-20(2,3)30(31)14-19(17(22)12-28-30)27-8-10-29-9-7-26-18(13-29)15-5-4-6-16(11-15)21(23,24)25/h4-6,11-12,14,18,26-28H,7-10,13H2,1-3H3. The first-order valence-electron chi connectivity index (χ1n) is 10.2. The Morgan fingerprint density at radius 3 is 2.71 bits per heavy atom. The monoisotopic (exact) mass is 459 g/mol. The molecular formula is C21H29ClF3N5O. The van der Waals surface area contributed by atoms with Crippen LogP contribution in [0.15, 0.2) is 47.4 Å². The third-order valence-electron chi connectivity index (χ3n) is 5.57. The lowest BCUT2D eigenvalue weighted by Gasteiger charge is -2.49. The van der Waals surface area contributed by atoms with Crippen LogP contribution >= 0.6 is 11.6 Å². The number of allylic oxidation sites excluding steroid dienone is 1. The van der Waals surface area contributed by atoms with Crippen LogP contribution in [0, 0.1) is 5.21 Å². The van der Waals surface area contributed by atoms with Gasteiger partial charge in [0.05, 0.1) is 16.8 Å². The van der Waals surface area contributed by atoms with E-state index in [1.54, 1.807) is 6.07 Å². The van der Waals surface area contributed by atoms with Crippen molar-refractivity contribution in [3.63, 3.8) is 0 Å². The fourth-order valence-electron chi connectivity index (χ4n) is 3.55. The van der Waals surface area contributed by atoms with Gasteiger partial charge in [0, 0.05) is 38.8 Å². The normalized spacial score (nSPS) is 25.5. The van der Waals surface area contributed by atoms with E-state index < -0.39 is 22.0 Å². The summed E-state index contributed by atoms with van der Waals surface area (Å²) in [4.78, 5) is 2.18. The molecule has 0 saturated carbocycles. The number of rotatable bonds is 5. The molecule has 1 fully saturated rings. The van der Waals surface area contributed by atoms with Gasteiger partial charge in [-0.25, -0.2) is 10.2 Å². The molecule has 172 valence electrons. The lowest BCUT2D eigenvalue weighted by Crippen LogP contribution is -2.60. The Morgan fingerprint density at radius 2 is 2.03 bits per heavy atom. The molecule has 0 aliphatic carbocycles. The number of nitrogens with one attached hydrogen (secondary N) is 3. The van der Waals surface area contributed by atoms with Gasteiger partial charge in [0.1, 0.15) is 17.4 Å². The van der Waals surface area contributed by atoms with Gasteiger partial charge in [-0.1, -0.05) is 23.7 Å². The van der Waals surface area contributed by atoms with Gasteiger partial charge in [-0.15, -0.1) is 0 Å². The maximum atomic E-state index is 13.0. The maximum Gasteiger partial charge on any atom is 0.416 e. The number of quaternary nitrogens is 1. The van der Waals surface area contributed by atoms with Gasteiger partial charge in [-0.05, 0) is 38.5 Å². The molecule has 2 atom stereocenters. The Morgan fingerprint density at radius 1 is 1.29 bits per heavy atom. The fourth-order valence-corrected chi connectivity index (χ4v) is 3.71. The number of nitrogens with zero attached hydrogens (tertiary/aromatic N) is 2. The van der Waals surface area contributed by atoms with Crippen molar-refractivity contribution in [3.8, 4) is 0 Å². The van der Waals surface area contributed by atoms with E-state index in [-0.39, 0.29) is 6.04 Å². The smallest absolute Gasteiger partial charge is 0.416 e. The molecule has 2 aliphatic rings. The van der Waals surface area contributed by atoms with E-state index >= 15 is 0 Å². The Kier molecular flexibility index (Phi) is 6.93. The molecule has 6 nitrogen and oxygen atoms in total. The molecule has 2 unspecified atom stereocenters. The number of hydrogen-bond donors (Lipinski definition) is 3. The van der Waals surface area contributed by atoms with Gasteiger partial charge in [0.2, 0.25) is 0 Å². The van der Waals surface area contributed by atoms with E-state index in [2.05, 4.69) is 21.0 Å². The highest BCUT2D eigenvalue weighted by molar-refractivity contribution is 6.31. The third-order valence-corrected chi connectivity index (χ3v) is 5.88. The summed E-state index contributed by atoms with van der Waals surface area (Å²) in [6.45, 7) is 8.78. The van der Waals surface area contributed by atoms with Gasteiger partial charge >= 0.3 is 6.18 Å². The first kappa shape index (κ1) is 23.9. The molecule has 0 spiro atoms. The van der Waals surface area contributed by atoms with E-state index in [0.29, 0.717) is 42.5 Å². The van der Waals surface area contributed by atoms with Gasteiger partial charge in [0.15, 0.2) is 0 Å². The number of piperazine rings is 1. The number of halogens is 4. The molecule has 0 radical (unpaired) electrons. The van der Waals surface area contributed by atoms with Crippen LogP contribution < -0.4 is 16.1 Å². The van der Waals surface area contributed by atoms with Crippen LogP contribution in [0.25, 0.3) is 0 Å². The van der Waals surface area contributed by atoms with Crippen molar-refractivity contribution in [3.05, 3.63) is 63.7 Å². The summed E-state index contributed by atoms with van der Waals surface area (Å²) in [5.74, 6) is 0. The Balaban J connectivity index is 1.59. The first-order chi connectivity index (χ1) is 14.4. The van der Waals surface area contributed by atoms with E-state index in [9.17, 15) is 18.4 Å². The van der Waals surface area contributed by atoms with Crippen LogP contribution in [0.3, 0.4) is 0 Å². The van der Waals surface area contributed by atoms with Gasteiger partial charge in [0.25, 0.3) is 0 Å². The van der Waals surface area contributed by atoms with E-state index in [1.807, 2.05) is 20.8 Å². The van der Waals surface area contributed by atoms with E-state index in [1.165, 1.54) is 24.5 Å². The largest absolute Gasteiger partial charge is 0.601 e. The van der Waals surface area contributed by atoms with Crippen molar-refractivity contribution in [2.24, 2.45) is 0 Å². The quantitative estimate of drug-likeness (QED) is 0.462. The molecule has 3 rings (SSSR count). The minimum atomic E-state index is -4.36. The van der Waals surface area contributed by atoms with Crippen LogP contribution in [0.1, 0.15) is 37.9 Å². The van der Waals surface area contributed by atoms with Crippen LogP contribution in [0.2, 0.25) is 0 Å². The molecule has 31 heavy (non-hydrogen) atoms. The van der Waals surface area contributed by atoms with Crippen molar-refractivity contribution in [2.75, 3.05) is 32.7 Å².